The van der Waals surface area contributed by atoms with Gasteiger partial charge in [0.1, 0.15) is 6.61 Å². The van der Waals surface area contributed by atoms with Crippen LogP contribution in [0.15, 0.2) is 0 Å². The van der Waals surface area contributed by atoms with E-state index < -0.39 is 0 Å². The lowest BCUT2D eigenvalue weighted by molar-refractivity contribution is -0.136. The monoisotopic (exact) mass is 214 g/mol. The van der Waals surface area contributed by atoms with E-state index in [0.717, 1.165) is 19.5 Å². The number of carbonyl (C=O) groups excluding carboxylic acids is 1. The zero-order valence-electron chi connectivity index (χ0n) is 9.95. The average Bonchev–Trinajstić information content (AvgIpc) is 2.69. The molecule has 1 unspecified atom stereocenters. The van der Waals surface area contributed by atoms with Crippen molar-refractivity contribution in [3.8, 4) is 0 Å². The number of nitrogens with one attached hydrogen (secondary N) is 1. The van der Waals surface area contributed by atoms with Gasteiger partial charge in [0.15, 0.2) is 0 Å². The Hall–Kier alpha value is -0.610. The van der Waals surface area contributed by atoms with E-state index in [2.05, 4.69) is 5.32 Å². The summed E-state index contributed by atoms with van der Waals surface area (Å²) in [5, 5.41) is 3.28. The van der Waals surface area contributed by atoms with Crippen molar-refractivity contribution < 1.29 is 9.53 Å². The standard InChI is InChI=1S/C11H22N2O2/c1-9(2)13(3)11(14)8-15-7-10-4-5-12-6-10/h9-10,12H,4-8H2,1-3H3. The highest BCUT2D eigenvalue weighted by molar-refractivity contribution is 5.77. The molecule has 0 aromatic rings. The number of carbonyl (C=O) groups is 1. The van der Waals surface area contributed by atoms with Gasteiger partial charge in [0.25, 0.3) is 0 Å². The van der Waals surface area contributed by atoms with Gasteiger partial charge in [-0.1, -0.05) is 0 Å². The smallest absolute Gasteiger partial charge is 0.248 e. The van der Waals surface area contributed by atoms with Crippen molar-refractivity contribution in [3.63, 3.8) is 0 Å². The van der Waals surface area contributed by atoms with Crippen LogP contribution < -0.4 is 5.32 Å². The van der Waals surface area contributed by atoms with Crippen molar-refractivity contribution in [2.75, 3.05) is 33.4 Å². The summed E-state index contributed by atoms with van der Waals surface area (Å²) in [4.78, 5) is 13.3. The van der Waals surface area contributed by atoms with Crippen molar-refractivity contribution in [1.82, 2.24) is 10.2 Å². The Bertz CT molecular complexity index is 201. The molecule has 1 aliphatic rings. The summed E-state index contributed by atoms with van der Waals surface area (Å²) in [5.74, 6) is 0.651. The van der Waals surface area contributed by atoms with E-state index in [9.17, 15) is 4.79 Å². The minimum Gasteiger partial charge on any atom is -0.371 e. The Labute approximate surface area is 92.0 Å². The molecular weight excluding hydrogens is 192 g/mol. The topological polar surface area (TPSA) is 41.6 Å². The van der Waals surface area contributed by atoms with Gasteiger partial charge in [0, 0.05) is 19.6 Å². The Morgan fingerprint density at radius 1 is 1.60 bits per heavy atom. The fraction of sp³-hybridized carbons (Fsp3) is 0.909. The molecule has 0 spiro atoms. The molecule has 1 atom stereocenters. The first-order valence-electron chi connectivity index (χ1n) is 5.65. The molecule has 0 aromatic carbocycles. The molecule has 0 aromatic heterocycles. The number of likely N-dealkylation sites (N-methyl/N-ethyl adjacent to an activating group) is 1. The van der Waals surface area contributed by atoms with Crippen molar-refractivity contribution in [3.05, 3.63) is 0 Å². The molecule has 0 saturated carbocycles. The number of ether oxygens (including phenoxy) is 1. The molecule has 1 heterocycles. The fourth-order valence-corrected chi connectivity index (χ4v) is 1.56. The first-order chi connectivity index (χ1) is 7.11. The van der Waals surface area contributed by atoms with Crippen LogP contribution in [-0.2, 0) is 9.53 Å². The van der Waals surface area contributed by atoms with Crippen LogP contribution in [0.25, 0.3) is 0 Å². The van der Waals surface area contributed by atoms with Crippen molar-refractivity contribution in [2.45, 2.75) is 26.3 Å². The predicted molar refractivity (Wildman–Crippen MR) is 59.7 cm³/mol. The highest BCUT2D eigenvalue weighted by Gasteiger charge is 2.16. The maximum Gasteiger partial charge on any atom is 0.248 e. The van der Waals surface area contributed by atoms with E-state index >= 15 is 0 Å². The molecule has 1 N–H and O–H groups in total. The summed E-state index contributed by atoms with van der Waals surface area (Å²) in [6.07, 6.45) is 1.16. The van der Waals surface area contributed by atoms with Gasteiger partial charge < -0.3 is 15.0 Å². The van der Waals surface area contributed by atoms with E-state index in [0.29, 0.717) is 12.5 Å². The molecule has 1 saturated heterocycles. The van der Waals surface area contributed by atoms with Crippen LogP contribution in [0.3, 0.4) is 0 Å². The first-order valence-corrected chi connectivity index (χ1v) is 5.65. The van der Waals surface area contributed by atoms with E-state index in [1.807, 2.05) is 20.9 Å². The van der Waals surface area contributed by atoms with Gasteiger partial charge in [-0.15, -0.1) is 0 Å². The third-order valence-electron chi connectivity index (χ3n) is 2.91. The van der Waals surface area contributed by atoms with E-state index in [1.54, 1.807) is 4.90 Å². The number of hydrogen-bond donors (Lipinski definition) is 1. The summed E-state index contributed by atoms with van der Waals surface area (Å²) < 4.78 is 5.42. The third-order valence-corrected chi connectivity index (χ3v) is 2.91. The van der Waals surface area contributed by atoms with Gasteiger partial charge >= 0.3 is 0 Å². The number of nitrogens with zero attached hydrogens (tertiary/aromatic N) is 1. The molecule has 0 aliphatic carbocycles. The van der Waals surface area contributed by atoms with Crippen LogP contribution in [0.4, 0.5) is 0 Å². The number of hydrogen-bond acceptors (Lipinski definition) is 3. The summed E-state index contributed by atoms with van der Waals surface area (Å²) >= 11 is 0. The van der Waals surface area contributed by atoms with E-state index in [4.69, 9.17) is 4.74 Å². The maximum atomic E-state index is 11.5. The molecule has 4 heteroatoms. The predicted octanol–water partition coefficient (Wildman–Crippen LogP) is 0.479. The zero-order chi connectivity index (χ0) is 11.3. The minimum atomic E-state index is 0.0657. The Morgan fingerprint density at radius 3 is 2.87 bits per heavy atom. The lowest BCUT2D eigenvalue weighted by Gasteiger charge is -2.21. The van der Waals surface area contributed by atoms with Gasteiger partial charge in [0.2, 0.25) is 5.91 Å². The first kappa shape index (κ1) is 12.5. The number of amides is 1. The number of rotatable bonds is 5. The fourth-order valence-electron chi connectivity index (χ4n) is 1.56. The highest BCUT2D eigenvalue weighted by Crippen LogP contribution is 2.07. The van der Waals surface area contributed by atoms with Crippen LogP contribution in [0, 0.1) is 5.92 Å². The molecular formula is C11H22N2O2. The summed E-state index contributed by atoms with van der Waals surface area (Å²) in [7, 11) is 1.81. The SMILES string of the molecule is CC(C)N(C)C(=O)COCC1CCNC1. The molecule has 1 fully saturated rings. The van der Waals surface area contributed by atoms with Gasteiger partial charge in [-0.25, -0.2) is 0 Å². The quantitative estimate of drug-likeness (QED) is 0.724. The zero-order valence-corrected chi connectivity index (χ0v) is 9.95. The maximum absolute atomic E-state index is 11.5. The highest BCUT2D eigenvalue weighted by atomic mass is 16.5. The van der Waals surface area contributed by atoms with Gasteiger partial charge in [-0.2, -0.15) is 0 Å². The van der Waals surface area contributed by atoms with Crippen LogP contribution in [0.5, 0.6) is 0 Å². The van der Waals surface area contributed by atoms with Gasteiger partial charge in [0.05, 0.1) is 6.61 Å². The Morgan fingerprint density at radius 2 is 2.33 bits per heavy atom. The van der Waals surface area contributed by atoms with Crippen molar-refractivity contribution in [2.24, 2.45) is 5.92 Å². The van der Waals surface area contributed by atoms with E-state index in [-0.39, 0.29) is 18.6 Å². The van der Waals surface area contributed by atoms with E-state index in [1.165, 1.54) is 0 Å². The summed E-state index contributed by atoms with van der Waals surface area (Å²) in [6, 6.07) is 0.245. The third kappa shape index (κ3) is 4.18. The van der Waals surface area contributed by atoms with Crippen LogP contribution in [-0.4, -0.2) is 50.2 Å². The largest absolute Gasteiger partial charge is 0.371 e. The summed E-state index contributed by atoms with van der Waals surface area (Å²) in [5.41, 5.74) is 0. The molecule has 15 heavy (non-hydrogen) atoms. The second-order valence-corrected chi connectivity index (χ2v) is 4.47. The van der Waals surface area contributed by atoms with Crippen molar-refractivity contribution in [1.29, 1.82) is 0 Å². The lowest BCUT2D eigenvalue weighted by Crippen LogP contribution is -2.36. The van der Waals surface area contributed by atoms with Gasteiger partial charge in [-0.3, -0.25) is 4.79 Å². The molecule has 4 nitrogen and oxygen atoms in total. The Kier molecular flexibility index (Phi) is 5.05. The minimum absolute atomic E-state index is 0.0657. The molecule has 1 rings (SSSR count). The second kappa shape index (κ2) is 6.08. The molecule has 1 amide bonds. The Balaban J connectivity index is 2.11. The average molecular weight is 214 g/mol. The van der Waals surface area contributed by atoms with Crippen LogP contribution >= 0.6 is 0 Å². The van der Waals surface area contributed by atoms with Crippen molar-refractivity contribution >= 4 is 5.91 Å². The summed E-state index contributed by atoms with van der Waals surface area (Å²) in [6.45, 7) is 7.01. The molecule has 0 radical (unpaired) electrons. The molecule has 1 aliphatic heterocycles. The normalized spacial score (nSPS) is 20.9. The second-order valence-electron chi connectivity index (χ2n) is 4.47. The molecule has 0 bridgehead atoms. The lowest BCUT2D eigenvalue weighted by atomic mass is 10.1. The van der Waals surface area contributed by atoms with Crippen LogP contribution in [0.2, 0.25) is 0 Å². The van der Waals surface area contributed by atoms with Crippen LogP contribution in [0.1, 0.15) is 20.3 Å². The van der Waals surface area contributed by atoms with Gasteiger partial charge in [-0.05, 0) is 32.7 Å². The molecule has 88 valence electrons.